The zero-order valence-corrected chi connectivity index (χ0v) is 14.2. The van der Waals surface area contributed by atoms with E-state index in [1.165, 1.54) is 16.7 Å². The Morgan fingerprint density at radius 2 is 1.90 bits per heavy atom. The van der Waals surface area contributed by atoms with E-state index < -0.39 is 0 Å². The van der Waals surface area contributed by atoms with Crippen molar-refractivity contribution < 1.29 is 4.74 Å². The molecule has 0 aromatic heterocycles. The second-order valence-electron chi connectivity index (χ2n) is 5.34. The fourth-order valence-electron chi connectivity index (χ4n) is 2.16. The molecule has 3 heteroatoms. The van der Waals surface area contributed by atoms with Crippen molar-refractivity contribution in [3.05, 3.63) is 63.6 Å². The molecule has 0 aliphatic rings. The molecule has 0 aliphatic carbocycles. The first kappa shape index (κ1) is 16.1. The van der Waals surface area contributed by atoms with E-state index in [4.69, 9.17) is 10.5 Å². The van der Waals surface area contributed by atoms with Crippen LogP contribution in [-0.2, 0) is 13.0 Å². The van der Waals surface area contributed by atoms with E-state index in [0.29, 0.717) is 6.61 Å². The maximum atomic E-state index is 6.05. The lowest BCUT2D eigenvalue weighted by atomic mass is 10.0. The fourth-order valence-corrected chi connectivity index (χ4v) is 2.57. The van der Waals surface area contributed by atoms with Crippen molar-refractivity contribution in [2.24, 2.45) is 5.73 Å². The summed E-state index contributed by atoms with van der Waals surface area (Å²) in [7, 11) is 0. The summed E-state index contributed by atoms with van der Waals surface area (Å²) in [5.41, 5.74) is 9.72. The van der Waals surface area contributed by atoms with Crippen LogP contribution in [0.1, 0.15) is 30.0 Å². The highest BCUT2D eigenvalue weighted by Gasteiger charge is 2.07. The van der Waals surface area contributed by atoms with Gasteiger partial charge in [0.1, 0.15) is 12.4 Å². The summed E-state index contributed by atoms with van der Waals surface area (Å²) in [5, 5.41) is 0. The van der Waals surface area contributed by atoms with Crippen LogP contribution >= 0.6 is 15.9 Å². The van der Waals surface area contributed by atoms with Gasteiger partial charge in [-0.2, -0.15) is 0 Å². The van der Waals surface area contributed by atoms with E-state index in [1.54, 1.807) is 0 Å². The first-order valence-corrected chi connectivity index (χ1v) is 8.10. The van der Waals surface area contributed by atoms with Crippen molar-refractivity contribution in [3.8, 4) is 5.75 Å². The topological polar surface area (TPSA) is 35.2 Å². The monoisotopic (exact) mass is 347 g/mol. The molecular formula is C18H22BrNO. The molecule has 0 saturated carbocycles. The van der Waals surface area contributed by atoms with Gasteiger partial charge in [0.15, 0.2) is 0 Å². The highest BCUT2D eigenvalue weighted by atomic mass is 79.9. The van der Waals surface area contributed by atoms with Crippen molar-refractivity contribution in [2.75, 3.05) is 0 Å². The molecule has 0 aliphatic heterocycles. The summed E-state index contributed by atoms with van der Waals surface area (Å²) in [6.45, 7) is 4.80. The van der Waals surface area contributed by atoms with Gasteiger partial charge in [-0.15, -0.1) is 0 Å². The number of aryl methyl sites for hydroxylation is 1. The summed E-state index contributed by atoms with van der Waals surface area (Å²) in [6, 6.07) is 14.6. The first-order chi connectivity index (χ1) is 10.1. The Morgan fingerprint density at radius 3 is 2.62 bits per heavy atom. The standard InChI is InChI=1S/C18H22BrNO/c1-3-16(20)10-15-11-17(8-9-18(15)19)21-12-14-7-5-4-6-13(14)2/h4-9,11,16H,3,10,12,20H2,1-2H3. The third-order valence-corrected chi connectivity index (χ3v) is 4.45. The van der Waals surface area contributed by atoms with E-state index in [9.17, 15) is 0 Å². The first-order valence-electron chi connectivity index (χ1n) is 7.31. The Kier molecular flexibility index (Phi) is 5.83. The van der Waals surface area contributed by atoms with E-state index in [1.807, 2.05) is 24.3 Å². The van der Waals surface area contributed by atoms with Crippen LogP contribution in [0.4, 0.5) is 0 Å². The molecule has 0 heterocycles. The van der Waals surface area contributed by atoms with Crippen LogP contribution < -0.4 is 10.5 Å². The number of ether oxygens (including phenoxy) is 1. The van der Waals surface area contributed by atoms with Crippen molar-refractivity contribution in [3.63, 3.8) is 0 Å². The Hall–Kier alpha value is -1.32. The third-order valence-electron chi connectivity index (χ3n) is 3.68. The van der Waals surface area contributed by atoms with Crippen LogP contribution in [0, 0.1) is 6.92 Å². The van der Waals surface area contributed by atoms with Gasteiger partial charge in [0.25, 0.3) is 0 Å². The Labute approximate surface area is 135 Å². The average molecular weight is 348 g/mol. The summed E-state index contributed by atoms with van der Waals surface area (Å²) < 4.78 is 7.01. The smallest absolute Gasteiger partial charge is 0.120 e. The molecule has 0 saturated heterocycles. The minimum absolute atomic E-state index is 0.188. The van der Waals surface area contributed by atoms with Gasteiger partial charge in [-0.1, -0.05) is 47.1 Å². The molecule has 1 unspecified atom stereocenters. The van der Waals surface area contributed by atoms with Gasteiger partial charge < -0.3 is 10.5 Å². The highest BCUT2D eigenvalue weighted by molar-refractivity contribution is 9.10. The molecule has 112 valence electrons. The summed E-state index contributed by atoms with van der Waals surface area (Å²) in [6.07, 6.45) is 1.83. The molecule has 0 spiro atoms. The van der Waals surface area contributed by atoms with Crippen LogP contribution in [-0.4, -0.2) is 6.04 Å². The molecule has 0 bridgehead atoms. The quantitative estimate of drug-likeness (QED) is 0.827. The predicted octanol–water partition coefficient (Wildman–Crippen LogP) is 4.62. The lowest BCUT2D eigenvalue weighted by Crippen LogP contribution is -2.21. The predicted molar refractivity (Wildman–Crippen MR) is 91.6 cm³/mol. The lowest BCUT2D eigenvalue weighted by molar-refractivity contribution is 0.305. The molecule has 2 nitrogen and oxygen atoms in total. The summed E-state index contributed by atoms with van der Waals surface area (Å²) >= 11 is 3.58. The number of hydrogen-bond donors (Lipinski definition) is 1. The van der Waals surface area contributed by atoms with Crippen molar-refractivity contribution in [1.29, 1.82) is 0 Å². The van der Waals surface area contributed by atoms with Gasteiger partial charge in [-0.25, -0.2) is 0 Å². The molecule has 2 rings (SSSR count). The molecular weight excluding hydrogens is 326 g/mol. The van der Waals surface area contributed by atoms with Crippen LogP contribution in [0.25, 0.3) is 0 Å². The van der Waals surface area contributed by atoms with Crippen molar-refractivity contribution in [1.82, 2.24) is 0 Å². The molecule has 0 radical (unpaired) electrons. The number of nitrogens with two attached hydrogens (primary N) is 1. The second kappa shape index (κ2) is 7.62. The number of halogens is 1. The minimum Gasteiger partial charge on any atom is -0.489 e. The van der Waals surface area contributed by atoms with E-state index in [-0.39, 0.29) is 6.04 Å². The average Bonchev–Trinajstić information content (AvgIpc) is 2.49. The number of benzene rings is 2. The van der Waals surface area contributed by atoms with Gasteiger partial charge in [0.2, 0.25) is 0 Å². The van der Waals surface area contributed by atoms with Crippen LogP contribution in [0.15, 0.2) is 46.9 Å². The van der Waals surface area contributed by atoms with Crippen LogP contribution in [0.5, 0.6) is 5.75 Å². The van der Waals surface area contributed by atoms with Crippen molar-refractivity contribution in [2.45, 2.75) is 39.3 Å². The maximum Gasteiger partial charge on any atom is 0.120 e. The largest absolute Gasteiger partial charge is 0.489 e. The Bertz CT molecular complexity index is 598. The molecule has 2 aromatic carbocycles. The summed E-state index contributed by atoms with van der Waals surface area (Å²) in [4.78, 5) is 0. The van der Waals surface area contributed by atoms with E-state index in [2.05, 4.69) is 48.0 Å². The Morgan fingerprint density at radius 1 is 1.14 bits per heavy atom. The SMILES string of the molecule is CCC(N)Cc1cc(OCc2ccccc2C)ccc1Br. The Balaban J connectivity index is 2.07. The van der Waals surface area contributed by atoms with Gasteiger partial charge in [-0.3, -0.25) is 0 Å². The number of hydrogen-bond acceptors (Lipinski definition) is 2. The fraction of sp³-hybridized carbons (Fsp3) is 0.333. The summed E-state index contributed by atoms with van der Waals surface area (Å²) in [5.74, 6) is 0.889. The third kappa shape index (κ3) is 4.58. The molecule has 2 aromatic rings. The highest BCUT2D eigenvalue weighted by Crippen LogP contribution is 2.25. The minimum atomic E-state index is 0.188. The van der Waals surface area contributed by atoms with Crippen molar-refractivity contribution >= 4 is 15.9 Å². The lowest BCUT2D eigenvalue weighted by Gasteiger charge is -2.13. The van der Waals surface area contributed by atoms with E-state index >= 15 is 0 Å². The molecule has 1 atom stereocenters. The number of rotatable bonds is 6. The molecule has 21 heavy (non-hydrogen) atoms. The second-order valence-corrected chi connectivity index (χ2v) is 6.20. The van der Waals surface area contributed by atoms with E-state index in [0.717, 1.165) is 23.1 Å². The zero-order valence-electron chi connectivity index (χ0n) is 12.6. The van der Waals surface area contributed by atoms with Crippen LogP contribution in [0.2, 0.25) is 0 Å². The van der Waals surface area contributed by atoms with Gasteiger partial charge in [-0.05, 0) is 54.7 Å². The van der Waals surface area contributed by atoms with Crippen LogP contribution in [0.3, 0.4) is 0 Å². The van der Waals surface area contributed by atoms with Gasteiger partial charge >= 0.3 is 0 Å². The van der Waals surface area contributed by atoms with Gasteiger partial charge in [0, 0.05) is 10.5 Å². The normalized spacial score (nSPS) is 12.2. The molecule has 0 fully saturated rings. The van der Waals surface area contributed by atoms with Gasteiger partial charge in [0.05, 0.1) is 0 Å². The maximum absolute atomic E-state index is 6.05. The zero-order chi connectivity index (χ0) is 15.2. The molecule has 2 N–H and O–H groups in total. The molecule has 0 amide bonds.